The molecule has 0 atom stereocenters. The van der Waals surface area contributed by atoms with Gasteiger partial charge in [-0.25, -0.2) is 12.7 Å². The number of hydrogen-bond donors (Lipinski definition) is 1. The quantitative estimate of drug-likeness (QED) is 0.797. The van der Waals surface area contributed by atoms with Gasteiger partial charge in [0, 0.05) is 31.7 Å². The fourth-order valence-corrected chi connectivity index (χ4v) is 3.52. The van der Waals surface area contributed by atoms with Crippen molar-refractivity contribution in [2.75, 3.05) is 20.7 Å². The minimum atomic E-state index is -3.42. The van der Waals surface area contributed by atoms with Crippen LogP contribution in [0.2, 0.25) is 0 Å². The minimum Gasteiger partial charge on any atom is -0.496 e. The molecule has 1 aliphatic carbocycles. The second kappa shape index (κ2) is 6.77. The Labute approximate surface area is 127 Å². The smallest absolute Gasteiger partial charge is 0.242 e. The van der Waals surface area contributed by atoms with Crippen LogP contribution >= 0.6 is 0 Å². The van der Waals surface area contributed by atoms with E-state index < -0.39 is 10.0 Å². The monoisotopic (exact) mass is 312 g/mol. The lowest BCUT2D eigenvalue weighted by Crippen LogP contribution is -2.28. The average molecular weight is 312 g/mol. The first-order valence-corrected chi connectivity index (χ1v) is 8.79. The first-order chi connectivity index (χ1) is 9.98. The number of nitrogens with one attached hydrogen (secondary N) is 1. The van der Waals surface area contributed by atoms with Gasteiger partial charge in [0.05, 0.1) is 12.0 Å². The van der Waals surface area contributed by atoms with Crippen LogP contribution in [0.5, 0.6) is 5.75 Å². The molecule has 0 spiro atoms. The molecular formula is C15H24N2O3S. The maximum atomic E-state index is 12.5. The molecule has 5 nitrogen and oxygen atoms in total. The van der Waals surface area contributed by atoms with E-state index in [1.807, 2.05) is 6.92 Å². The summed E-state index contributed by atoms with van der Waals surface area (Å²) in [6.45, 7) is 3.11. The first-order valence-electron chi connectivity index (χ1n) is 7.35. The molecule has 6 heteroatoms. The first kappa shape index (κ1) is 16.3. The molecule has 1 fully saturated rings. The van der Waals surface area contributed by atoms with Crippen LogP contribution in [0.3, 0.4) is 0 Å². The van der Waals surface area contributed by atoms with Crippen molar-refractivity contribution >= 4 is 10.0 Å². The van der Waals surface area contributed by atoms with E-state index in [-0.39, 0.29) is 0 Å². The summed E-state index contributed by atoms with van der Waals surface area (Å²) in [4.78, 5) is 0.326. The predicted molar refractivity (Wildman–Crippen MR) is 83.0 cm³/mol. The molecule has 1 aromatic carbocycles. The number of methoxy groups -OCH3 is 1. The van der Waals surface area contributed by atoms with E-state index in [0.717, 1.165) is 17.7 Å². The summed E-state index contributed by atoms with van der Waals surface area (Å²) in [6, 6.07) is 5.63. The minimum absolute atomic E-state index is 0.326. The highest BCUT2D eigenvalue weighted by Crippen LogP contribution is 2.26. The summed E-state index contributed by atoms with van der Waals surface area (Å²) in [5, 5.41) is 3.39. The van der Waals surface area contributed by atoms with E-state index in [0.29, 0.717) is 24.0 Å². The molecule has 1 saturated carbocycles. The molecule has 0 amide bonds. The van der Waals surface area contributed by atoms with Gasteiger partial charge in [-0.05, 0) is 37.5 Å². The number of benzene rings is 1. The van der Waals surface area contributed by atoms with Crippen molar-refractivity contribution in [2.24, 2.45) is 0 Å². The lowest BCUT2D eigenvalue weighted by molar-refractivity contribution is 0.407. The third-order valence-electron chi connectivity index (χ3n) is 3.66. The van der Waals surface area contributed by atoms with Gasteiger partial charge in [-0.3, -0.25) is 0 Å². The molecule has 0 aromatic heterocycles. The molecule has 0 unspecified atom stereocenters. The van der Waals surface area contributed by atoms with Crippen molar-refractivity contribution in [1.29, 1.82) is 0 Å². The third kappa shape index (κ3) is 3.96. The molecule has 118 valence electrons. The number of rotatable bonds is 8. The molecular weight excluding hydrogens is 288 g/mol. The van der Waals surface area contributed by atoms with Crippen molar-refractivity contribution in [1.82, 2.24) is 9.62 Å². The summed E-state index contributed by atoms with van der Waals surface area (Å²) in [5.74, 6) is 0.722. The van der Waals surface area contributed by atoms with E-state index in [1.54, 1.807) is 32.4 Å². The summed E-state index contributed by atoms with van der Waals surface area (Å²) in [5.41, 5.74) is 0.885. The molecule has 1 aliphatic rings. The fraction of sp³-hybridized carbons (Fsp3) is 0.600. The van der Waals surface area contributed by atoms with Gasteiger partial charge in [0.2, 0.25) is 10.0 Å². The summed E-state index contributed by atoms with van der Waals surface area (Å²) >= 11 is 0. The van der Waals surface area contributed by atoms with Crippen LogP contribution in [0.4, 0.5) is 0 Å². The highest BCUT2D eigenvalue weighted by atomic mass is 32.2. The van der Waals surface area contributed by atoms with Crippen molar-refractivity contribution in [3.8, 4) is 5.75 Å². The van der Waals surface area contributed by atoms with Crippen LogP contribution in [0.25, 0.3) is 0 Å². The topological polar surface area (TPSA) is 58.6 Å². The Bertz CT molecular complexity index is 583. The Morgan fingerprint density at radius 3 is 2.67 bits per heavy atom. The zero-order valence-corrected chi connectivity index (χ0v) is 13.7. The van der Waals surface area contributed by atoms with Gasteiger partial charge < -0.3 is 10.1 Å². The van der Waals surface area contributed by atoms with Crippen molar-refractivity contribution in [3.05, 3.63) is 23.8 Å². The van der Waals surface area contributed by atoms with Gasteiger partial charge in [-0.1, -0.05) is 6.92 Å². The van der Waals surface area contributed by atoms with Gasteiger partial charge in [0.15, 0.2) is 0 Å². The molecule has 1 aromatic rings. The van der Waals surface area contributed by atoms with E-state index in [9.17, 15) is 8.42 Å². The Kier molecular flexibility index (Phi) is 5.24. The maximum absolute atomic E-state index is 12.5. The standard InChI is InChI=1S/C15H24N2O3S/c1-4-9-17(2)21(18,19)14-7-8-15(20-3)12(10-14)11-16-13-5-6-13/h7-8,10,13,16H,4-6,9,11H2,1-3H3. The van der Waals surface area contributed by atoms with Crippen molar-refractivity contribution < 1.29 is 13.2 Å². The van der Waals surface area contributed by atoms with E-state index in [1.165, 1.54) is 17.1 Å². The van der Waals surface area contributed by atoms with Gasteiger partial charge >= 0.3 is 0 Å². The second-order valence-electron chi connectivity index (χ2n) is 5.46. The third-order valence-corrected chi connectivity index (χ3v) is 5.51. The number of nitrogens with zero attached hydrogens (tertiary/aromatic N) is 1. The van der Waals surface area contributed by atoms with Crippen LogP contribution < -0.4 is 10.1 Å². The molecule has 1 N–H and O–H groups in total. The fourth-order valence-electron chi connectivity index (χ4n) is 2.21. The lowest BCUT2D eigenvalue weighted by Gasteiger charge is -2.18. The van der Waals surface area contributed by atoms with Gasteiger partial charge in [0.1, 0.15) is 5.75 Å². The average Bonchev–Trinajstić information content (AvgIpc) is 3.29. The van der Waals surface area contributed by atoms with Crippen LogP contribution in [0, 0.1) is 0 Å². The van der Waals surface area contributed by atoms with Crippen LogP contribution in [0.15, 0.2) is 23.1 Å². The van der Waals surface area contributed by atoms with E-state index >= 15 is 0 Å². The Hall–Kier alpha value is -1.11. The Morgan fingerprint density at radius 2 is 2.10 bits per heavy atom. The molecule has 0 saturated heterocycles. The van der Waals surface area contributed by atoms with Crippen molar-refractivity contribution in [3.63, 3.8) is 0 Å². The van der Waals surface area contributed by atoms with E-state index in [2.05, 4.69) is 5.32 Å². The highest BCUT2D eigenvalue weighted by molar-refractivity contribution is 7.89. The van der Waals surface area contributed by atoms with Crippen molar-refractivity contribution in [2.45, 2.75) is 43.7 Å². The number of hydrogen-bond acceptors (Lipinski definition) is 4. The summed E-state index contributed by atoms with van der Waals surface area (Å²) in [6.07, 6.45) is 3.18. The van der Waals surface area contributed by atoms with Crippen LogP contribution in [0.1, 0.15) is 31.7 Å². The SMILES string of the molecule is CCCN(C)S(=O)(=O)c1ccc(OC)c(CNC2CC2)c1. The molecule has 0 bridgehead atoms. The van der Waals surface area contributed by atoms with Crippen LogP contribution in [-0.4, -0.2) is 39.5 Å². The molecule has 0 aliphatic heterocycles. The zero-order valence-electron chi connectivity index (χ0n) is 12.9. The summed E-state index contributed by atoms with van der Waals surface area (Å²) in [7, 11) is -0.201. The highest BCUT2D eigenvalue weighted by Gasteiger charge is 2.23. The predicted octanol–water partition coefficient (Wildman–Crippen LogP) is 1.98. The van der Waals surface area contributed by atoms with Gasteiger partial charge in [0.25, 0.3) is 0 Å². The zero-order chi connectivity index (χ0) is 15.5. The van der Waals surface area contributed by atoms with Gasteiger partial charge in [-0.15, -0.1) is 0 Å². The Morgan fingerprint density at radius 1 is 1.38 bits per heavy atom. The number of ether oxygens (including phenoxy) is 1. The maximum Gasteiger partial charge on any atom is 0.242 e. The largest absolute Gasteiger partial charge is 0.496 e. The normalized spacial score (nSPS) is 15.4. The Balaban J connectivity index is 2.24. The van der Waals surface area contributed by atoms with Crippen LogP contribution in [-0.2, 0) is 16.6 Å². The van der Waals surface area contributed by atoms with E-state index in [4.69, 9.17) is 4.74 Å². The molecule has 21 heavy (non-hydrogen) atoms. The number of sulfonamides is 1. The molecule has 0 heterocycles. The lowest BCUT2D eigenvalue weighted by atomic mass is 10.2. The summed E-state index contributed by atoms with van der Waals surface area (Å²) < 4.78 is 31.7. The molecule has 2 rings (SSSR count). The molecule has 0 radical (unpaired) electrons. The van der Waals surface area contributed by atoms with Gasteiger partial charge in [-0.2, -0.15) is 0 Å². The second-order valence-corrected chi connectivity index (χ2v) is 7.50.